The SMILES string of the molecule is Cn1ccnc1CN1C[C@@H]2C[C@H](C1)c1ccc(CN3C[C@H]4CCC[C@H]4C3)c(=O)n1C2. The summed E-state index contributed by atoms with van der Waals surface area (Å²) in [4.78, 5) is 22.9. The van der Waals surface area contributed by atoms with Crippen LogP contribution in [0.4, 0.5) is 0 Å². The van der Waals surface area contributed by atoms with E-state index < -0.39 is 0 Å². The van der Waals surface area contributed by atoms with Crippen molar-refractivity contribution in [3.05, 3.63) is 52.0 Å². The summed E-state index contributed by atoms with van der Waals surface area (Å²) in [5.41, 5.74) is 2.53. The van der Waals surface area contributed by atoms with Gasteiger partial charge in [0.15, 0.2) is 0 Å². The minimum absolute atomic E-state index is 0.275. The number of rotatable bonds is 4. The van der Waals surface area contributed by atoms with Gasteiger partial charge in [-0.3, -0.25) is 14.6 Å². The first-order valence-electron chi connectivity index (χ1n) is 11.8. The lowest BCUT2D eigenvalue weighted by Gasteiger charge is -2.42. The molecule has 2 aromatic rings. The molecule has 4 aliphatic rings. The highest BCUT2D eigenvalue weighted by molar-refractivity contribution is 5.22. The first-order valence-corrected chi connectivity index (χ1v) is 11.8. The molecule has 3 aliphatic heterocycles. The lowest BCUT2D eigenvalue weighted by atomic mass is 9.83. The molecule has 0 amide bonds. The van der Waals surface area contributed by atoms with Crippen LogP contribution in [0.1, 0.15) is 48.7 Å². The van der Waals surface area contributed by atoms with E-state index in [1.54, 1.807) is 0 Å². The average molecular weight is 408 g/mol. The molecule has 2 aromatic heterocycles. The Labute approximate surface area is 178 Å². The molecule has 2 bridgehead atoms. The summed E-state index contributed by atoms with van der Waals surface area (Å²) in [5, 5.41) is 0. The maximum atomic E-state index is 13.4. The summed E-state index contributed by atoms with van der Waals surface area (Å²) in [5.74, 6) is 3.92. The maximum Gasteiger partial charge on any atom is 0.255 e. The fraction of sp³-hybridized carbons (Fsp3) is 0.667. The third-order valence-electron chi connectivity index (χ3n) is 8.24. The van der Waals surface area contributed by atoms with Crippen LogP contribution in [-0.4, -0.2) is 50.1 Å². The standard InChI is InChI=1S/C24H33N5O/c1-26-8-7-25-23(26)16-27-10-17-9-21(15-27)22-6-5-20(24(30)29(22)11-17)14-28-12-18-3-2-4-19(18)13-28/h5-8,17-19,21H,2-4,9-16H2,1H3/t17-,18-,19+,21+/m0/s1. The zero-order valence-corrected chi connectivity index (χ0v) is 18.0. The Morgan fingerprint density at radius 3 is 2.57 bits per heavy atom. The van der Waals surface area contributed by atoms with Gasteiger partial charge in [0.05, 0.1) is 6.54 Å². The molecular formula is C24H33N5O. The van der Waals surface area contributed by atoms with Crippen LogP contribution in [0.15, 0.2) is 29.3 Å². The monoisotopic (exact) mass is 407 g/mol. The largest absolute Gasteiger partial charge is 0.337 e. The van der Waals surface area contributed by atoms with Gasteiger partial charge in [-0.1, -0.05) is 12.5 Å². The van der Waals surface area contributed by atoms with Crippen molar-refractivity contribution < 1.29 is 0 Å². The summed E-state index contributed by atoms with van der Waals surface area (Å²) in [6, 6.07) is 4.40. The fourth-order valence-electron chi connectivity index (χ4n) is 6.79. The molecular weight excluding hydrogens is 374 g/mol. The number of fused-ring (bicyclic) bond motifs is 5. The molecule has 3 fully saturated rings. The minimum atomic E-state index is 0.275. The van der Waals surface area contributed by atoms with E-state index in [1.807, 2.05) is 12.4 Å². The molecule has 6 nitrogen and oxygen atoms in total. The molecule has 1 saturated carbocycles. The Morgan fingerprint density at radius 2 is 1.80 bits per heavy atom. The molecule has 0 N–H and O–H groups in total. The van der Waals surface area contributed by atoms with Crippen molar-refractivity contribution in [2.75, 3.05) is 26.2 Å². The van der Waals surface area contributed by atoms with Crippen molar-refractivity contribution in [3.8, 4) is 0 Å². The Balaban J connectivity index is 1.19. The lowest BCUT2D eigenvalue weighted by Crippen LogP contribution is -2.47. The molecule has 0 spiro atoms. The molecule has 30 heavy (non-hydrogen) atoms. The fourth-order valence-corrected chi connectivity index (χ4v) is 6.79. The third kappa shape index (κ3) is 3.25. The average Bonchev–Trinajstić information content (AvgIpc) is 3.42. The number of nitrogens with zero attached hydrogens (tertiary/aromatic N) is 5. The summed E-state index contributed by atoms with van der Waals surface area (Å²) in [6.45, 7) is 7.09. The third-order valence-corrected chi connectivity index (χ3v) is 8.24. The Morgan fingerprint density at radius 1 is 1.00 bits per heavy atom. The topological polar surface area (TPSA) is 46.3 Å². The highest BCUT2D eigenvalue weighted by atomic mass is 16.1. The quantitative estimate of drug-likeness (QED) is 0.781. The first-order chi connectivity index (χ1) is 14.6. The second-order valence-electron chi connectivity index (χ2n) is 10.3. The van der Waals surface area contributed by atoms with Gasteiger partial charge in [-0.2, -0.15) is 0 Å². The van der Waals surface area contributed by atoms with Crippen molar-refractivity contribution in [1.29, 1.82) is 0 Å². The van der Waals surface area contributed by atoms with Gasteiger partial charge in [0, 0.05) is 75.9 Å². The second-order valence-corrected chi connectivity index (χ2v) is 10.3. The number of imidazole rings is 1. The van der Waals surface area contributed by atoms with Gasteiger partial charge >= 0.3 is 0 Å². The summed E-state index contributed by atoms with van der Waals surface area (Å²) < 4.78 is 4.24. The van der Waals surface area contributed by atoms with Gasteiger partial charge in [0.1, 0.15) is 5.82 Å². The van der Waals surface area contributed by atoms with Crippen LogP contribution in [-0.2, 0) is 26.7 Å². The molecule has 1 aliphatic carbocycles. The van der Waals surface area contributed by atoms with E-state index in [-0.39, 0.29) is 5.56 Å². The number of likely N-dealkylation sites (tertiary alicyclic amines) is 2. The van der Waals surface area contributed by atoms with Gasteiger partial charge in [-0.15, -0.1) is 0 Å². The van der Waals surface area contributed by atoms with E-state index in [0.29, 0.717) is 11.8 Å². The molecule has 0 aromatic carbocycles. The van der Waals surface area contributed by atoms with Gasteiger partial charge < -0.3 is 9.13 Å². The maximum absolute atomic E-state index is 13.4. The zero-order valence-electron chi connectivity index (χ0n) is 18.0. The van der Waals surface area contributed by atoms with E-state index in [1.165, 1.54) is 44.5 Å². The summed E-state index contributed by atoms with van der Waals surface area (Å²) >= 11 is 0. The van der Waals surface area contributed by atoms with Crippen LogP contribution in [0.5, 0.6) is 0 Å². The van der Waals surface area contributed by atoms with Crippen LogP contribution in [0.25, 0.3) is 0 Å². The molecule has 0 unspecified atom stereocenters. The predicted octanol–water partition coefficient (Wildman–Crippen LogP) is 2.43. The second kappa shape index (κ2) is 7.34. The van der Waals surface area contributed by atoms with Crippen molar-refractivity contribution >= 4 is 0 Å². The van der Waals surface area contributed by atoms with Crippen molar-refractivity contribution in [2.24, 2.45) is 24.8 Å². The number of aromatic nitrogens is 3. The van der Waals surface area contributed by atoms with Crippen LogP contribution >= 0.6 is 0 Å². The molecule has 6 heteroatoms. The van der Waals surface area contributed by atoms with Crippen molar-refractivity contribution in [3.63, 3.8) is 0 Å². The number of piperidine rings is 1. The van der Waals surface area contributed by atoms with Gasteiger partial charge in [-0.05, 0) is 43.1 Å². The summed E-state index contributed by atoms with van der Waals surface area (Å²) in [6.07, 6.45) is 9.30. The van der Waals surface area contributed by atoms with E-state index in [9.17, 15) is 4.79 Å². The minimum Gasteiger partial charge on any atom is -0.337 e. The van der Waals surface area contributed by atoms with Crippen LogP contribution < -0.4 is 5.56 Å². The van der Waals surface area contributed by atoms with Crippen molar-refractivity contribution in [2.45, 2.75) is 51.2 Å². The zero-order chi connectivity index (χ0) is 20.2. The van der Waals surface area contributed by atoms with Crippen LogP contribution in [0.2, 0.25) is 0 Å². The highest BCUT2D eigenvalue weighted by Gasteiger charge is 2.37. The smallest absolute Gasteiger partial charge is 0.255 e. The molecule has 0 radical (unpaired) electrons. The Hall–Kier alpha value is -1.92. The van der Waals surface area contributed by atoms with Crippen molar-refractivity contribution in [1.82, 2.24) is 23.9 Å². The van der Waals surface area contributed by atoms with E-state index in [0.717, 1.165) is 55.9 Å². The first kappa shape index (κ1) is 18.8. The molecule has 2 saturated heterocycles. The molecule has 5 heterocycles. The number of aryl methyl sites for hydroxylation is 1. The van der Waals surface area contributed by atoms with Gasteiger partial charge in [-0.25, -0.2) is 4.98 Å². The molecule has 160 valence electrons. The van der Waals surface area contributed by atoms with E-state index in [4.69, 9.17) is 0 Å². The van der Waals surface area contributed by atoms with Gasteiger partial charge in [0.2, 0.25) is 0 Å². The number of hydrogen-bond acceptors (Lipinski definition) is 4. The summed E-state index contributed by atoms with van der Waals surface area (Å²) in [7, 11) is 2.07. The molecule has 6 rings (SSSR count). The van der Waals surface area contributed by atoms with E-state index in [2.05, 4.69) is 43.1 Å². The van der Waals surface area contributed by atoms with E-state index >= 15 is 0 Å². The number of pyridine rings is 1. The highest BCUT2D eigenvalue weighted by Crippen LogP contribution is 2.38. The Bertz CT molecular complexity index is 982. The van der Waals surface area contributed by atoms with Crippen LogP contribution in [0, 0.1) is 17.8 Å². The lowest BCUT2D eigenvalue weighted by molar-refractivity contribution is 0.111. The van der Waals surface area contributed by atoms with Gasteiger partial charge in [0.25, 0.3) is 5.56 Å². The van der Waals surface area contributed by atoms with Crippen LogP contribution in [0.3, 0.4) is 0 Å². The normalized spacial score (nSPS) is 31.1. The molecule has 4 atom stereocenters. The number of hydrogen-bond donors (Lipinski definition) is 0. The predicted molar refractivity (Wildman–Crippen MR) is 116 cm³/mol. The Kier molecular flexibility index (Phi) is 4.61.